The van der Waals surface area contributed by atoms with E-state index >= 15 is 0 Å². The number of carbonyl (C=O) groups excluding carboxylic acids is 1. The monoisotopic (exact) mass is 331 g/mol. The number of amides is 1. The fourth-order valence-corrected chi connectivity index (χ4v) is 3.90. The highest BCUT2D eigenvalue weighted by atomic mass is 16.5. The lowest BCUT2D eigenvalue weighted by Gasteiger charge is -2.35. The molecule has 0 aliphatic carbocycles. The van der Waals surface area contributed by atoms with Gasteiger partial charge in [0.25, 0.3) is 0 Å². The molecule has 0 bridgehead atoms. The lowest BCUT2D eigenvalue weighted by molar-refractivity contribution is -0.119. The number of hydrogen-bond acceptors (Lipinski definition) is 2. The smallest absolute Gasteiger partial charge is 0.227 e. The van der Waals surface area contributed by atoms with Crippen LogP contribution < -0.4 is 9.64 Å². The summed E-state index contributed by atoms with van der Waals surface area (Å²) in [6.45, 7) is 2.72. The Morgan fingerprint density at radius 3 is 2.72 bits per heavy atom. The highest BCUT2D eigenvalue weighted by molar-refractivity contribution is 6.03. The first-order chi connectivity index (χ1) is 12.2. The van der Waals surface area contributed by atoms with Crippen molar-refractivity contribution in [2.45, 2.75) is 19.3 Å². The number of rotatable bonds is 3. The van der Waals surface area contributed by atoms with Crippen molar-refractivity contribution in [3.8, 4) is 5.75 Å². The molecule has 4 rings (SSSR count). The molecule has 3 aromatic carbocycles. The third-order valence-electron chi connectivity index (χ3n) is 5.08. The summed E-state index contributed by atoms with van der Waals surface area (Å²) in [5, 5.41) is 2.43. The highest BCUT2D eigenvalue weighted by Gasteiger charge is 2.32. The van der Waals surface area contributed by atoms with Crippen molar-refractivity contribution in [3.63, 3.8) is 0 Å². The van der Waals surface area contributed by atoms with Gasteiger partial charge in [0.15, 0.2) is 0 Å². The summed E-state index contributed by atoms with van der Waals surface area (Å²) in [4.78, 5) is 14.7. The van der Waals surface area contributed by atoms with E-state index in [2.05, 4.69) is 42.5 Å². The summed E-state index contributed by atoms with van der Waals surface area (Å²) >= 11 is 0. The van der Waals surface area contributed by atoms with Crippen molar-refractivity contribution < 1.29 is 9.53 Å². The SMILES string of the molecule is CCN1C(=O)CC(c2cccc(OC)c2)c2c1ccc1ccccc21. The van der Waals surface area contributed by atoms with Gasteiger partial charge < -0.3 is 9.64 Å². The van der Waals surface area contributed by atoms with Gasteiger partial charge in [-0.2, -0.15) is 0 Å². The summed E-state index contributed by atoms with van der Waals surface area (Å²) in [7, 11) is 1.67. The lowest BCUT2D eigenvalue weighted by atomic mass is 9.81. The van der Waals surface area contributed by atoms with Gasteiger partial charge >= 0.3 is 0 Å². The Balaban J connectivity index is 1.98. The van der Waals surface area contributed by atoms with Crippen LogP contribution >= 0.6 is 0 Å². The lowest BCUT2D eigenvalue weighted by Crippen LogP contribution is -2.36. The molecular formula is C22H21NO2. The molecule has 0 spiro atoms. The van der Waals surface area contributed by atoms with Crippen LogP contribution in [0.15, 0.2) is 60.7 Å². The maximum absolute atomic E-state index is 12.8. The van der Waals surface area contributed by atoms with E-state index in [4.69, 9.17) is 4.74 Å². The second kappa shape index (κ2) is 6.25. The third-order valence-corrected chi connectivity index (χ3v) is 5.08. The first-order valence-corrected chi connectivity index (χ1v) is 8.69. The van der Waals surface area contributed by atoms with Crippen molar-refractivity contribution >= 4 is 22.4 Å². The first kappa shape index (κ1) is 15.7. The summed E-state index contributed by atoms with van der Waals surface area (Å²) in [6.07, 6.45) is 0.488. The van der Waals surface area contributed by atoms with Gasteiger partial charge in [-0.1, -0.05) is 42.5 Å². The Morgan fingerprint density at radius 1 is 1.08 bits per heavy atom. The van der Waals surface area contributed by atoms with E-state index in [1.165, 1.54) is 16.3 Å². The van der Waals surface area contributed by atoms with Crippen molar-refractivity contribution in [1.82, 2.24) is 0 Å². The van der Waals surface area contributed by atoms with Gasteiger partial charge in [0.1, 0.15) is 5.75 Å². The van der Waals surface area contributed by atoms with Gasteiger partial charge in [-0.3, -0.25) is 4.79 Å². The minimum Gasteiger partial charge on any atom is -0.497 e. The Hall–Kier alpha value is -2.81. The molecule has 1 amide bonds. The second-order valence-electron chi connectivity index (χ2n) is 6.39. The first-order valence-electron chi connectivity index (χ1n) is 8.69. The molecule has 1 aliphatic rings. The van der Waals surface area contributed by atoms with E-state index in [0.717, 1.165) is 17.0 Å². The second-order valence-corrected chi connectivity index (χ2v) is 6.39. The van der Waals surface area contributed by atoms with E-state index in [9.17, 15) is 4.79 Å². The van der Waals surface area contributed by atoms with Crippen molar-refractivity contribution in [2.24, 2.45) is 0 Å². The predicted molar refractivity (Wildman–Crippen MR) is 101 cm³/mol. The summed E-state index contributed by atoms with van der Waals surface area (Å²) in [6, 6.07) is 20.7. The Morgan fingerprint density at radius 2 is 1.92 bits per heavy atom. The minimum atomic E-state index is 0.0477. The molecule has 25 heavy (non-hydrogen) atoms. The normalized spacial score (nSPS) is 16.8. The molecule has 1 unspecified atom stereocenters. The van der Waals surface area contributed by atoms with E-state index in [1.54, 1.807) is 7.11 Å². The Kier molecular flexibility index (Phi) is 3.92. The molecule has 1 atom stereocenters. The number of methoxy groups -OCH3 is 1. The van der Waals surface area contributed by atoms with Gasteiger partial charge in [-0.05, 0) is 47.0 Å². The summed E-state index contributed by atoms with van der Waals surface area (Å²) < 4.78 is 5.39. The molecule has 1 heterocycles. The fraction of sp³-hybridized carbons (Fsp3) is 0.227. The predicted octanol–water partition coefficient (Wildman–Crippen LogP) is 4.74. The van der Waals surface area contributed by atoms with E-state index in [0.29, 0.717) is 13.0 Å². The zero-order chi connectivity index (χ0) is 17.4. The largest absolute Gasteiger partial charge is 0.497 e. The zero-order valence-electron chi connectivity index (χ0n) is 14.5. The van der Waals surface area contributed by atoms with Crippen LogP contribution in [0.2, 0.25) is 0 Å². The van der Waals surface area contributed by atoms with Crippen LogP contribution in [-0.4, -0.2) is 19.6 Å². The fourth-order valence-electron chi connectivity index (χ4n) is 3.90. The van der Waals surface area contributed by atoms with Gasteiger partial charge in [-0.15, -0.1) is 0 Å². The van der Waals surface area contributed by atoms with Crippen LogP contribution in [0.1, 0.15) is 30.4 Å². The van der Waals surface area contributed by atoms with E-state index in [1.807, 2.05) is 30.0 Å². The summed E-state index contributed by atoms with van der Waals surface area (Å²) in [5.74, 6) is 1.05. The average Bonchev–Trinajstić information content (AvgIpc) is 2.67. The number of fused-ring (bicyclic) bond motifs is 3. The average molecular weight is 331 g/mol. The summed E-state index contributed by atoms with van der Waals surface area (Å²) in [5.41, 5.74) is 3.40. The third kappa shape index (κ3) is 2.56. The number of ether oxygens (including phenoxy) is 1. The molecule has 1 aliphatic heterocycles. The molecule has 0 aromatic heterocycles. The minimum absolute atomic E-state index is 0.0477. The topological polar surface area (TPSA) is 29.5 Å². The Bertz CT molecular complexity index is 948. The molecule has 0 radical (unpaired) electrons. The van der Waals surface area contributed by atoms with Crippen LogP contribution in [0, 0.1) is 0 Å². The number of benzene rings is 3. The van der Waals surface area contributed by atoms with Crippen molar-refractivity contribution in [1.29, 1.82) is 0 Å². The number of nitrogens with zero attached hydrogens (tertiary/aromatic N) is 1. The number of anilines is 1. The van der Waals surface area contributed by atoms with Gasteiger partial charge in [0, 0.05) is 24.6 Å². The maximum Gasteiger partial charge on any atom is 0.227 e. The van der Waals surface area contributed by atoms with Crippen LogP contribution in [-0.2, 0) is 4.79 Å². The molecule has 3 heteroatoms. The molecule has 0 fully saturated rings. The van der Waals surface area contributed by atoms with Crippen LogP contribution in [0.5, 0.6) is 5.75 Å². The molecule has 0 saturated carbocycles. The molecular weight excluding hydrogens is 310 g/mol. The molecule has 3 aromatic rings. The van der Waals surface area contributed by atoms with E-state index < -0.39 is 0 Å². The van der Waals surface area contributed by atoms with Crippen molar-refractivity contribution in [2.75, 3.05) is 18.6 Å². The molecule has 126 valence electrons. The van der Waals surface area contributed by atoms with Gasteiger partial charge in [0.05, 0.1) is 7.11 Å². The van der Waals surface area contributed by atoms with Crippen LogP contribution in [0.4, 0.5) is 5.69 Å². The zero-order valence-corrected chi connectivity index (χ0v) is 14.5. The van der Waals surface area contributed by atoms with Crippen LogP contribution in [0.3, 0.4) is 0 Å². The number of carbonyl (C=O) groups is 1. The molecule has 0 N–H and O–H groups in total. The molecule has 3 nitrogen and oxygen atoms in total. The van der Waals surface area contributed by atoms with Crippen molar-refractivity contribution in [3.05, 3.63) is 71.8 Å². The molecule has 0 saturated heterocycles. The van der Waals surface area contributed by atoms with Gasteiger partial charge in [0.2, 0.25) is 5.91 Å². The van der Waals surface area contributed by atoms with Gasteiger partial charge in [-0.25, -0.2) is 0 Å². The Labute approximate surface area is 147 Å². The maximum atomic E-state index is 12.8. The van der Waals surface area contributed by atoms with Crippen LogP contribution in [0.25, 0.3) is 10.8 Å². The quantitative estimate of drug-likeness (QED) is 0.694. The van der Waals surface area contributed by atoms with E-state index in [-0.39, 0.29) is 11.8 Å². The highest BCUT2D eigenvalue weighted by Crippen LogP contribution is 2.44. The standard InChI is InChI=1S/C22H21NO2/c1-3-23-20-12-11-15-7-4-5-10-18(15)22(20)19(14-21(23)24)16-8-6-9-17(13-16)25-2/h4-13,19H,3,14H2,1-2H3. The number of hydrogen-bond donors (Lipinski definition) is 0.